The van der Waals surface area contributed by atoms with Gasteiger partial charge in [0.25, 0.3) is 0 Å². The smallest absolute Gasteiger partial charge is 0.163 e. The molecule has 1 aromatic rings. The Morgan fingerprint density at radius 2 is 2.06 bits per heavy atom. The van der Waals surface area contributed by atoms with Crippen molar-refractivity contribution in [1.82, 2.24) is 0 Å². The molecule has 98 valence electrons. The Hall–Kier alpha value is -1.35. The Morgan fingerprint density at radius 3 is 2.89 bits per heavy atom. The Morgan fingerprint density at radius 1 is 1.17 bits per heavy atom. The van der Waals surface area contributed by atoms with Crippen LogP contribution in [0.2, 0.25) is 0 Å². The lowest BCUT2D eigenvalue weighted by molar-refractivity contribution is 0.0961. The van der Waals surface area contributed by atoms with Crippen LogP contribution in [0.4, 0.5) is 0 Å². The first kappa shape index (κ1) is 13.1. The van der Waals surface area contributed by atoms with Gasteiger partial charge in [-0.15, -0.1) is 0 Å². The van der Waals surface area contributed by atoms with Crippen LogP contribution in [0, 0.1) is 0 Å². The largest absolute Gasteiger partial charge is 0.491 e. The van der Waals surface area contributed by atoms with E-state index in [2.05, 4.69) is 6.92 Å². The maximum absolute atomic E-state index is 11.8. The molecular weight excluding hydrogens is 228 g/mol. The molecule has 18 heavy (non-hydrogen) atoms. The number of fused-ring (bicyclic) bond motifs is 1. The number of rotatable bonds is 6. The predicted octanol–water partition coefficient (Wildman–Crippen LogP) is 3.01. The third-order valence-corrected chi connectivity index (χ3v) is 3.10. The van der Waals surface area contributed by atoms with Crippen molar-refractivity contribution < 1.29 is 14.3 Å². The predicted molar refractivity (Wildman–Crippen MR) is 70.3 cm³/mol. The molecule has 0 unspecified atom stereocenters. The highest BCUT2D eigenvalue weighted by Crippen LogP contribution is 2.29. The molecule has 3 heteroatoms. The Labute approximate surface area is 108 Å². The van der Waals surface area contributed by atoms with Crippen LogP contribution in [0.15, 0.2) is 18.2 Å². The summed E-state index contributed by atoms with van der Waals surface area (Å²) in [5, 5.41) is 0. The van der Waals surface area contributed by atoms with E-state index in [9.17, 15) is 4.79 Å². The molecule has 0 atom stereocenters. The van der Waals surface area contributed by atoms with Crippen molar-refractivity contribution in [3.63, 3.8) is 0 Å². The van der Waals surface area contributed by atoms with E-state index in [1.807, 2.05) is 18.2 Å². The third kappa shape index (κ3) is 3.10. The van der Waals surface area contributed by atoms with Gasteiger partial charge in [0.2, 0.25) is 0 Å². The van der Waals surface area contributed by atoms with Crippen LogP contribution in [-0.2, 0) is 11.2 Å². The van der Waals surface area contributed by atoms with Gasteiger partial charge in [-0.1, -0.05) is 19.1 Å². The number of carbonyl (C=O) groups excluding carboxylic acids is 1. The quantitative estimate of drug-likeness (QED) is 0.726. The van der Waals surface area contributed by atoms with Crippen LogP contribution >= 0.6 is 0 Å². The fourth-order valence-electron chi connectivity index (χ4n) is 2.24. The highest BCUT2D eigenvalue weighted by atomic mass is 16.5. The van der Waals surface area contributed by atoms with Crippen LogP contribution in [-0.4, -0.2) is 25.6 Å². The van der Waals surface area contributed by atoms with Crippen molar-refractivity contribution >= 4 is 5.78 Å². The number of hydrogen-bond acceptors (Lipinski definition) is 3. The zero-order chi connectivity index (χ0) is 12.8. The molecular formula is C15H20O3. The molecule has 0 radical (unpaired) electrons. The van der Waals surface area contributed by atoms with Crippen LogP contribution < -0.4 is 4.74 Å². The summed E-state index contributed by atoms with van der Waals surface area (Å²) < 4.78 is 11.1. The molecule has 3 nitrogen and oxygen atoms in total. The maximum atomic E-state index is 11.8. The first-order valence-electron chi connectivity index (χ1n) is 6.68. The highest BCUT2D eigenvalue weighted by Gasteiger charge is 2.19. The summed E-state index contributed by atoms with van der Waals surface area (Å²) in [5.41, 5.74) is 1.91. The third-order valence-electron chi connectivity index (χ3n) is 3.10. The summed E-state index contributed by atoms with van der Waals surface area (Å²) in [4.78, 5) is 11.8. The standard InChI is InChI=1S/C15H20O3/c1-2-9-17-10-11-18-15-8-4-5-12-13(15)6-3-7-14(12)16/h4-5,8H,2-3,6-7,9-11H2,1H3. The van der Waals surface area contributed by atoms with Gasteiger partial charge in [0, 0.05) is 24.2 Å². The monoisotopic (exact) mass is 248 g/mol. The summed E-state index contributed by atoms with van der Waals surface area (Å²) in [6.07, 6.45) is 3.55. The van der Waals surface area contributed by atoms with E-state index < -0.39 is 0 Å². The summed E-state index contributed by atoms with van der Waals surface area (Å²) in [7, 11) is 0. The van der Waals surface area contributed by atoms with Gasteiger partial charge < -0.3 is 9.47 Å². The Kier molecular flexibility index (Phi) is 4.76. The van der Waals surface area contributed by atoms with Gasteiger partial charge in [0.05, 0.1) is 6.61 Å². The number of Topliss-reactive ketones (excluding diaryl/α,β-unsaturated/α-hetero) is 1. The van der Waals surface area contributed by atoms with Crippen molar-refractivity contribution in [2.75, 3.05) is 19.8 Å². The van der Waals surface area contributed by atoms with Gasteiger partial charge in [-0.3, -0.25) is 4.79 Å². The van der Waals surface area contributed by atoms with E-state index in [1.165, 1.54) is 0 Å². The summed E-state index contributed by atoms with van der Waals surface area (Å²) in [5.74, 6) is 1.09. The van der Waals surface area contributed by atoms with E-state index >= 15 is 0 Å². The minimum Gasteiger partial charge on any atom is -0.491 e. The number of ether oxygens (including phenoxy) is 2. The molecule has 0 saturated carbocycles. The number of ketones is 1. The maximum Gasteiger partial charge on any atom is 0.163 e. The van der Waals surface area contributed by atoms with E-state index in [0.29, 0.717) is 19.6 Å². The van der Waals surface area contributed by atoms with Gasteiger partial charge in [-0.05, 0) is 25.3 Å². The molecule has 0 bridgehead atoms. The van der Waals surface area contributed by atoms with Gasteiger partial charge in [-0.25, -0.2) is 0 Å². The van der Waals surface area contributed by atoms with Crippen LogP contribution in [0.3, 0.4) is 0 Å². The topological polar surface area (TPSA) is 35.5 Å². The van der Waals surface area contributed by atoms with Crippen LogP contribution in [0.1, 0.15) is 42.1 Å². The van der Waals surface area contributed by atoms with Crippen molar-refractivity contribution in [3.05, 3.63) is 29.3 Å². The first-order valence-corrected chi connectivity index (χ1v) is 6.68. The SMILES string of the molecule is CCCOCCOc1cccc2c1CCCC2=O. The molecule has 2 rings (SSSR count). The van der Waals surface area contributed by atoms with E-state index in [-0.39, 0.29) is 5.78 Å². The van der Waals surface area contributed by atoms with E-state index in [1.54, 1.807) is 0 Å². The minimum atomic E-state index is 0.240. The van der Waals surface area contributed by atoms with E-state index in [0.717, 1.165) is 42.7 Å². The number of benzene rings is 1. The summed E-state index contributed by atoms with van der Waals surface area (Å²) in [6.45, 7) is 4.00. The van der Waals surface area contributed by atoms with Crippen molar-refractivity contribution in [2.45, 2.75) is 32.6 Å². The van der Waals surface area contributed by atoms with Crippen molar-refractivity contribution in [3.8, 4) is 5.75 Å². The van der Waals surface area contributed by atoms with Gasteiger partial charge in [0.15, 0.2) is 5.78 Å². The summed E-state index contributed by atoms with van der Waals surface area (Å²) in [6, 6.07) is 5.73. The zero-order valence-electron chi connectivity index (χ0n) is 10.9. The lowest BCUT2D eigenvalue weighted by atomic mass is 9.90. The van der Waals surface area contributed by atoms with Crippen LogP contribution in [0.25, 0.3) is 0 Å². The van der Waals surface area contributed by atoms with Crippen LogP contribution in [0.5, 0.6) is 5.75 Å². The molecule has 0 aliphatic heterocycles. The fraction of sp³-hybridized carbons (Fsp3) is 0.533. The Balaban J connectivity index is 1.96. The number of carbonyl (C=O) groups is 1. The van der Waals surface area contributed by atoms with E-state index in [4.69, 9.17) is 9.47 Å². The summed E-state index contributed by atoms with van der Waals surface area (Å²) >= 11 is 0. The Bertz CT molecular complexity index is 412. The lowest BCUT2D eigenvalue weighted by Gasteiger charge is -2.18. The van der Waals surface area contributed by atoms with Gasteiger partial charge in [-0.2, -0.15) is 0 Å². The van der Waals surface area contributed by atoms with Crippen molar-refractivity contribution in [1.29, 1.82) is 0 Å². The number of hydrogen-bond donors (Lipinski definition) is 0. The molecule has 0 heterocycles. The van der Waals surface area contributed by atoms with Gasteiger partial charge in [0.1, 0.15) is 12.4 Å². The zero-order valence-corrected chi connectivity index (χ0v) is 10.9. The molecule has 0 saturated heterocycles. The first-order chi connectivity index (χ1) is 8.83. The second kappa shape index (κ2) is 6.55. The molecule has 0 amide bonds. The lowest BCUT2D eigenvalue weighted by Crippen LogP contribution is -2.14. The van der Waals surface area contributed by atoms with Gasteiger partial charge >= 0.3 is 0 Å². The second-order valence-corrected chi connectivity index (χ2v) is 4.52. The molecule has 0 N–H and O–H groups in total. The fourth-order valence-corrected chi connectivity index (χ4v) is 2.24. The molecule has 0 fully saturated rings. The molecule has 1 aliphatic carbocycles. The average Bonchev–Trinajstić information content (AvgIpc) is 2.39. The van der Waals surface area contributed by atoms with Crippen molar-refractivity contribution in [2.24, 2.45) is 0 Å². The average molecular weight is 248 g/mol. The minimum absolute atomic E-state index is 0.240. The molecule has 0 spiro atoms. The molecule has 1 aliphatic rings. The normalized spacial score (nSPS) is 14.4. The second-order valence-electron chi connectivity index (χ2n) is 4.52. The molecule has 0 aromatic heterocycles. The molecule has 1 aromatic carbocycles. The highest BCUT2D eigenvalue weighted by molar-refractivity contribution is 5.99.